The molecule has 2 nitrogen and oxygen atoms in total. The largest absolute Gasteiger partial charge is 0.493 e. The predicted molar refractivity (Wildman–Crippen MR) is 121 cm³/mol. The Morgan fingerprint density at radius 2 is 1.43 bits per heavy atom. The molecule has 0 aliphatic rings. The van der Waals surface area contributed by atoms with E-state index in [1.807, 2.05) is 6.20 Å². The van der Waals surface area contributed by atoms with Gasteiger partial charge in [-0.1, -0.05) is 90.3 Å². The third-order valence-electron chi connectivity index (χ3n) is 5.53. The van der Waals surface area contributed by atoms with Gasteiger partial charge in [-0.3, -0.25) is 4.98 Å². The van der Waals surface area contributed by atoms with Gasteiger partial charge in [0, 0.05) is 17.5 Å². The second kappa shape index (κ2) is 13.4. The molecule has 0 saturated carbocycles. The van der Waals surface area contributed by atoms with E-state index in [2.05, 4.69) is 62.2 Å². The number of rotatable bonds is 14. The Hall–Kier alpha value is -1.83. The van der Waals surface area contributed by atoms with Crippen LogP contribution in [0.2, 0.25) is 0 Å². The van der Waals surface area contributed by atoms with Gasteiger partial charge in [-0.25, -0.2) is 0 Å². The topological polar surface area (TPSA) is 22.1 Å². The number of hydrogen-bond donors (Lipinski definition) is 0. The molecule has 0 amide bonds. The maximum atomic E-state index is 5.84. The first kappa shape index (κ1) is 22.5. The van der Waals surface area contributed by atoms with Crippen LogP contribution in [0.15, 0.2) is 42.6 Å². The third kappa shape index (κ3) is 8.46. The molecule has 0 spiro atoms. The highest BCUT2D eigenvalue weighted by Gasteiger charge is 2.03. The molecule has 1 aromatic heterocycles. The summed E-state index contributed by atoms with van der Waals surface area (Å²) in [6.45, 7) is 7.47. The summed E-state index contributed by atoms with van der Waals surface area (Å²) in [4.78, 5) is 4.68. The number of unbranched alkanes of at least 4 members (excludes halogenated alkanes) is 7. The zero-order valence-electron chi connectivity index (χ0n) is 18.3. The summed E-state index contributed by atoms with van der Waals surface area (Å²) < 4.78 is 5.84. The quantitative estimate of drug-likeness (QED) is 0.311. The Morgan fingerprint density at radius 3 is 2.04 bits per heavy atom. The Balaban J connectivity index is 1.71. The Kier molecular flexibility index (Phi) is 10.7. The lowest BCUT2D eigenvalue weighted by Crippen LogP contribution is -2.06. The fraction of sp³-hybridized carbons (Fsp3) is 0.577. The summed E-state index contributed by atoms with van der Waals surface area (Å²) >= 11 is 0. The van der Waals surface area contributed by atoms with Crippen LogP contribution in [0.3, 0.4) is 0 Å². The molecule has 0 fully saturated rings. The van der Waals surface area contributed by atoms with Gasteiger partial charge in [0.15, 0.2) is 0 Å². The van der Waals surface area contributed by atoms with E-state index in [0.717, 1.165) is 25.2 Å². The van der Waals surface area contributed by atoms with Crippen molar-refractivity contribution in [3.8, 4) is 16.9 Å². The highest BCUT2D eigenvalue weighted by Crippen LogP contribution is 2.23. The minimum absolute atomic E-state index is 0.595. The van der Waals surface area contributed by atoms with Crippen LogP contribution in [0.4, 0.5) is 0 Å². The fourth-order valence-corrected chi connectivity index (χ4v) is 3.28. The van der Waals surface area contributed by atoms with Crippen molar-refractivity contribution < 1.29 is 4.74 Å². The Labute approximate surface area is 172 Å². The highest BCUT2D eigenvalue weighted by atomic mass is 16.5. The maximum Gasteiger partial charge on any atom is 0.119 e. The van der Waals surface area contributed by atoms with E-state index >= 15 is 0 Å². The summed E-state index contributed by atoms with van der Waals surface area (Å²) in [6.07, 6.45) is 15.1. The molecule has 1 atom stereocenters. The summed E-state index contributed by atoms with van der Waals surface area (Å²) in [5.74, 6) is 1.54. The first-order chi connectivity index (χ1) is 13.7. The molecule has 0 N–H and O–H groups in total. The van der Waals surface area contributed by atoms with Crippen LogP contribution in [-0.2, 0) is 6.42 Å². The van der Waals surface area contributed by atoms with Crippen LogP contribution >= 0.6 is 0 Å². The molecule has 28 heavy (non-hydrogen) atoms. The summed E-state index contributed by atoms with van der Waals surface area (Å²) in [5.41, 5.74) is 3.58. The number of pyridine rings is 1. The van der Waals surface area contributed by atoms with Crippen molar-refractivity contribution in [1.82, 2.24) is 4.98 Å². The van der Waals surface area contributed by atoms with E-state index in [9.17, 15) is 0 Å². The molecule has 1 heterocycles. The Morgan fingerprint density at radius 1 is 0.786 bits per heavy atom. The normalized spacial score (nSPS) is 12.1. The van der Waals surface area contributed by atoms with Gasteiger partial charge in [0.05, 0.1) is 6.61 Å². The maximum absolute atomic E-state index is 5.84. The molecule has 0 radical (unpaired) electrons. The second-order valence-corrected chi connectivity index (χ2v) is 8.11. The van der Waals surface area contributed by atoms with Gasteiger partial charge in [0.1, 0.15) is 5.75 Å². The van der Waals surface area contributed by atoms with E-state index in [4.69, 9.17) is 4.74 Å². The zero-order chi connectivity index (χ0) is 20.0. The molecular weight excluding hydrogens is 342 g/mol. The molecule has 0 aliphatic carbocycles. The lowest BCUT2D eigenvalue weighted by molar-refractivity contribution is 0.256. The number of benzene rings is 1. The van der Waals surface area contributed by atoms with Gasteiger partial charge < -0.3 is 4.74 Å². The molecule has 0 aliphatic heterocycles. The molecule has 2 heteroatoms. The number of aryl methyl sites for hydroxylation is 1. The molecule has 0 bridgehead atoms. The van der Waals surface area contributed by atoms with Crippen molar-refractivity contribution in [3.63, 3.8) is 0 Å². The minimum atomic E-state index is 0.595. The number of ether oxygens (including phenoxy) is 1. The zero-order valence-corrected chi connectivity index (χ0v) is 18.3. The van der Waals surface area contributed by atoms with Crippen molar-refractivity contribution in [2.24, 2.45) is 5.92 Å². The third-order valence-corrected chi connectivity index (χ3v) is 5.53. The van der Waals surface area contributed by atoms with Gasteiger partial charge in [-0.2, -0.15) is 0 Å². The first-order valence-corrected chi connectivity index (χ1v) is 11.4. The summed E-state index contributed by atoms with van der Waals surface area (Å²) in [5, 5.41) is 0. The van der Waals surface area contributed by atoms with Crippen molar-refractivity contribution in [2.75, 3.05) is 6.61 Å². The van der Waals surface area contributed by atoms with Crippen molar-refractivity contribution in [3.05, 3.63) is 48.3 Å². The van der Waals surface area contributed by atoms with Gasteiger partial charge in [0.25, 0.3) is 0 Å². The van der Waals surface area contributed by atoms with E-state index in [-0.39, 0.29) is 0 Å². The van der Waals surface area contributed by atoms with E-state index in [0.29, 0.717) is 5.92 Å². The number of nitrogens with zero attached hydrogens (tertiary/aromatic N) is 1. The van der Waals surface area contributed by atoms with Gasteiger partial charge in [0.2, 0.25) is 0 Å². The lowest BCUT2D eigenvalue weighted by Gasteiger charge is -2.11. The summed E-state index contributed by atoms with van der Waals surface area (Å²) in [7, 11) is 0. The molecule has 2 aromatic rings. The van der Waals surface area contributed by atoms with Crippen LogP contribution in [0.25, 0.3) is 11.1 Å². The fourth-order valence-electron chi connectivity index (χ4n) is 3.28. The standard InChI is InChI=1S/C26H39NO/c1-4-6-7-8-9-10-11-12-13-25-17-14-24(20-27-25)23-15-18-26(19-16-23)28-21-22(3)5-2/h14-20,22H,4-13,21H2,1-3H3/t22-/m0/s1. The Bertz CT molecular complexity index is 632. The van der Waals surface area contributed by atoms with Crippen molar-refractivity contribution >= 4 is 0 Å². The van der Waals surface area contributed by atoms with E-state index in [1.165, 1.54) is 68.2 Å². The second-order valence-electron chi connectivity index (χ2n) is 8.11. The number of hydrogen-bond acceptors (Lipinski definition) is 2. The van der Waals surface area contributed by atoms with Gasteiger partial charge >= 0.3 is 0 Å². The molecule has 154 valence electrons. The van der Waals surface area contributed by atoms with Crippen LogP contribution in [0.1, 0.15) is 84.3 Å². The predicted octanol–water partition coefficient (Wildman–Crippen LogP) is 7.86. The first-order valence-electron chi connectivity index (χ1n) is 11.4. The van der Waals surface area contributed by atoms with E-state index < -0.39 is 0 Å². The molecule has 1 aromatic carbocycles. The molecule has 0 saturated heterocycles. The van der Waals surface area contributed by atoms with E-state index in [1.54, 1.807) is 0 Å². The smallest absolute Gasteiger partial charge is 0.119 e. The van der Waals surface area contributed by atoms with Gasteiger partial charge in [-0.05, 0) is 42.5 Å². The molecule has 2 rings (SSSR count). The van der Waals surface area contributed by atoms with Crippen LogP contribution in [0.5, 0.6) is 5.75 Å². The van der Waals surface area contributed by atoms with Crippen LogP contribution in [0, 0.1) is 5.92 Å². The molecule has 0 unspecified atom stereocenters. The summed E-state index contributed by atoms with van der Waals surface area (Å²) in [6, 6.07) is 12.8. The highest BCUT2D eigenvalue weighted by molar-refractivity contribution is 5.63. The van der Waals surface area contributed by atoms with Crippen molar-refractivity contribution in [2.45, 2.75) is 85.0 Å². The average Bonchev–Trinajstić information content (AvgIpc) is 2.74. The van der Waals surface area contributed by atoms with Crippen molar-refractivity contribution in [1.29, 1.82) is 0 Å². The monoisotopic (exact) mass is 381 g/mol. The number of aromatic nitrogens is 1. The lowest BCUT2D eigenvalue weighted by atomic mass is 10.0. The van der Waals surface area contributed by atoms with Crippen LogP contribution < -0.4 is 4.74 Å². The average molecular weight is 382 g/mol. The minimum Gasteiger partial charge on any atom is -0.493 e. The SMILES string of the molecule is CCCCCCCCCCc1ccc(-c2ccc(OC[C@@H](C)CC)cc2)cn1. The molecular formula is C26H39NO. The van der Waals surface area contributed by atoms with Gasteiger partial charge in [-0.15, -0.1) is 0 Å². The van der Waals surface area contributed by atoms with Crippen LogP contribution in [-0.4, -0.2) is 11.6 Å².